The van der Waals surface area contributed by atoms with E-state index in [0.717, 1.165) is 37.2 Å². The first-order chi connectivity index (χ1) is 19.9. The van der Waals surface area contributed by atoms with Gasteiger partial charge < -0.3 is 14.6 Å². The molecule has 13 heteroatoms. The van der Waals surface area contributed by atoms with E-state index >= 15 is 0 Å². The zero-order valence-electron chi connectivity index (χ0n) is 23.3. The molecule has 216 valence electrons. The number of nitrogens with zero attached hydrogens (tertiary/aromatic N) is 7. The van der Waals surface area contributed by atoms with Crippen LogP contribution in [0.4, 0.5) is 0 Å². The van der Waals surface area contributed by atoms with Crippen molar-refractivity contribution in [3.63, 3.8) is 0 Å². The molecule has 0 spiro atoms. The van der Waals surface area contributed by atoms with Gasteiger partial charge in [0.15, 0.2) is 5.52 Å². The van der Waals surface area contributed by atoms with Crippen molar-refractivity contribution in [2.24, 2.45) is 0 Å². The average Bonchev–Trinajstić information content (AvgIpc) is 3.32. The molecule has 0 radical (unpaired) electrons. The quantitative estimate of drug-likeness (QED) is 0.317. The minimum Gasteiger partial charge on any atom is -0.474 e. The summed E-state index contributed by atoms with van der Waals surface area (Å²) in [5, 5.41) is 4.55. The molecule has 4 aromatic rings. The number of ether oxygens (including phenoxy) is 1. The van der Waals surface area contributed by atoms with Crippen molar-refractivity contribution in [1.82, 2.24) is 38.9 Å². The molecular weight excluding hydrogens is 544 g/mol. The van der Waals surface area contributed by atoms with Crippen molar-refractivity contribution in [2.45, 2.75) is 57.1 Å². The van der Waals surface area contributed by atoms with E-state index in [1.807, 2.05) is 25.1 Å². The summed E-state index contributed by atoms with van der Waals surface area (Å²) in [6.45, 7) is 7.48. The fraction of sp³-hybridized carbons (Fsp3) is 0.464. The molecule has 5 heterocycles. The smallest absolute Gasteiger partial charge is 0.279 e. The topological polar surface area (TPSA) is 139 Å². The number of aromatic amines is 1. The summed E-state index contributed by atoms with van der Waals surface area (Å²) in [4.78, 5) is 32.1. The van der Waals surface area contributed by atoms with Crippen LogP contribution in [0.1, 0.15) is 44.5 Å². The van der Waals surface area contributed by atoms with Crippen LogP contribution in [0, 0.1) is 0 Å². The van der Waals surface area contributed by atoms with E-state index in [1.54, 1.807) is 10.9 Å². The summed E-state index contributed by atoms with van der Waals surface area (Å²) in [7, 11) is -3.81. The molecule has 6 rings (SSSR count). The highest BCUT2D eigenvalue weighted by Crippen LogP contribution is 2.33. The normalized spacial score (nSPS) is 17.1. The number of likely N-dealkylation sites (N-methyl/N-ethyl adjacent to an activating group) is 1. The standard InChI is InChI=1S/C28H34N8O4S/c1-3-23-24-25(33-36(23)18-19-8-5-6-11-29-19)27(37)32-26(31-24)22-16-21(17-30-28(22)40-20-9-7-10-20)41(38,39)35-14-12-34(4-2)13-15-35/h5-6,8,11,16-17,20H,3-4,7,9-10,12-15,18H2,1-2H3,(H,31,32,37). The lowest BCUT2D eigenvalue weighted by molar-refractivity contribution is 0.115. The van der Waals surface area contributed by atoms with Gasteiger partial charge in [-0.3, -0.25) is 14.5 Å². The van der Waals surface area contributed by atoms with Crippen molar-refractivity contribution in [1.29, 1.82) is 0 Å². The largest absolute Gasteiger partial charge is 0.474 e. The van der Waals surface area contributed by atoms with Crippen LogP contribution in [0.2, 0.25) is 0 Å². The van der Waals surface area contributed by atoms with Crippen LogP contribution in [-0.2, 0) is 23.0 Å². The third-order valence-electron chi connectivity index (χ3n) is 7.90. The molecule has 2 aliphatic rings. The number of rotatable bonds is 9. The average molecular weight is 579 g/mol. The van der Waals surface area contributed by atoms with Crippen LogP contribution in [0.15, 0.2) is 46.3 Å². The molecule has 1 saturated carbocycles. The van der Waals surface area contributed by atoms with Crippen LogP contribution in [0.5, 0.6) is 5.88 Å². The highest BCUT2D eigenvalue weighted by atomic mass is 32.2. The molecule has 1 aliphatic heterocycles. The molecule has 1 aliphatic carbocycles. The lowest BCUT2D eigenvalue weighted by atomic mass is 9.96. The summed E-state index contributed by atoms with van der Waals surface area (Å²) in [5.41, 5.74) is 2.19. The van der Waals surface area contributed by atoms with E-state index in [4.69, 9.17) is 9.72 Å². The number of aromatic nitrogens is 6. The summed E-state index contributed by atoms with van der Waals surface area (Å²) >= 11 is 0. The van der Waals surface area contributed by atoms with Crippen LogP contribution >= 0.6 is 0 Å². The molecule has 0 aromatic carbocycles. The van der Waals surface area contributed by atoms with E-state index in [0.29, 0.717) is 50.2 Å². The summed E-state index contributed by atoms with van der Waals surface area (Å²) in [5.74, 6) is 0.454. The lowest BCUT2D eigenvalue weighted by Crippen LogP contribution is -2.48. The molecule has 1 N–H and O–H groups in total. The van der Waals surface area contributed by atoms with Gasteiger partial charge in [-0.15, -0.1) is 0 Å². The summed E-state index contributed by atoms with van der Waals surface area (Å²) in [6, 6.07) is 7.18. The second-order valence-electron chi connectivity index (χ2n) is 10.4. The first-order valence-electron chi connectivity index (χ1n) is 14.2. The zero-order valence-corrected chi connectivity index (χ0v) is 24.1. The third-order valence-corrected chi connectivity index (χ3v) is 9.77. The first kappa shape index (κ1) is 27.5. The van der Waals surface area contributed by atoms with Gasteiger partial charge in [0.05, 0.1) is 29.7 Å². The molecule has 4 aromatic heterocycles. The minimum absolute atomic E-state index is 0.00592. The Bertz CT molecular complexity index is 1710. The van der Waals surface area contributed by atoms with Crippen LogP contribution in [-0.4, -0.2) is 86.2 Å². The van der Waals surface area contributed by atoms with Crippen molar-refractivity contribution in [2.75, 3.05) is 32.7 Å². The predicted octanol–water partition coefficient (Wildman–Crippen LogP) is 2.44. The Morgan fingerprint density at radius 1 is 1.07 bits per heavy atom. The number of pyridine rings is 2. The maximum Gasteiger partial charge on any atom is 0.279 e. The molecule has 0 bridgehead atoms. The van der Waals surface area contributed by atoms with Gasteiger partial charge in [0.1, 0.15) is 22.3 Å². The molecule has 0 unspecified atom stereocenters. The number of piperazine rings is 1. The number of H-pyrrole nitrogens is 1. The van der Waals surface area contributed by atoms with Gasteiger partial charge in [0, 0.05) is 32.4 Å². The van der Waals surface area contributed by atoms with Crippen molar-refractivity contribution >= 4 is 21.1 Å². The first-order valence-corrected chi connectivity index (χ1v) is 15.6. The summed E-state index contributed by atoms with van der Waals surface area (Å²) in [6.07, 6.45) is 6.49. The fourth-order valence-corrected chi connectivity index (χ4v) is 6.63. The Morgan fingerprint density at radius 3 is 2.54 bits per heavy atom. The molecule has 12 nitrogen and oxygen atoms in total. The van der Waals surface area contributed by atoms with Gasteiger partial charge in [-0.2, -0.15) is 9.40 Å². The second kappa shape index (κ2) is 11.3. The number of hydrogen-bond acceptors (Lipinski definition) is 9. The van der Waals surface area contributed by atoms with E-state index in [9.17, 15) is 13.2 Å². The monoisotopic (exact) mass is 578 g/mol. The Balaban J connectivity index is 1.43. The van der Waals surface area contributed by atoms with E-state index < -0.39 is 15.6 Å². The van der Waals surface area contributed by atoms with Crippen molar-refractivity contribution in [3.05, 3.63) is 58.4 Å². The van der Waals surface area contributed by atoms with Gasteiger partial charge in [0.2, 0.25) is 15.9 Å². The highest BCUT2D eigenvalue weighted by molar-refractivity contribution is 7.89. The second-order valence-corrected chi connectivity index (χ2v) is 12.4. The SMILES string of the molecule is CCc1c2nc(-c3cc(S(=O)(=O)N4CCN(CC)CC4)cnc3OC3CCC3)[nH]c(=O)c2nn1Cc1ccccn1. The molecule has 1 saturated heterocycles. The molecule has 41 heavy (non-hydrogen) atoms. The van der Waals surface area contributed by atoms with Crippen LogP contribution in [0.3, 0.4) is 0 Å². The van der Waals surface area contributed by atoms with E-state index in [1.165, 1.54) is 16.6 Å². The highest BCUT2D eigenvalue weighted by Gasteiger charge is 2.31. The number of fused-ring (bicyclic) bond motifs is 1. The molecule has 0 atom stereocenters. The van der Waals surface area contributed by atoms with Gasteiger partial charge in [0.25, 0.3) is 5.56 Å². The Kier molecular flexibility index (Phi) is 7.58. The van der Waals surface area contributed by atoms with Crippen molar-refractivity contribution < 1.29 is 13.2 Å². The number of hydrogen-bond donors (Lipinski definition) is 1. The molecule has 0 amide bonds. The Hall–Kier alpha value is -3.68. The predicted molar refractivity (Wildman–Crippen MR) is 153 cm³/mol. The van der Waals surface area contributed by atoms with Crippen molar-refractivity contribution in [3.8, 4) is 17.3 Å². The Labute approximate surface area is 238 Å². The van der Waals surface area contributed by atoms with E-state index in [2.05, 4.69) is 31.9 Å². The number of sulfonamides is 1. The maximum atomic E-state index is 13.6. The molecule has 2 fully saturated rings. The maximum absolute atomic E-state index is 13.6. The number of aryl methyl sites for hydroxylation is 1. The van der Waals surface area contributed by atoms with Gasteiger partial charge in [-0.25, -0.2) is 18.4 Å². The lowest BCUT2D eigenvalue weighted by Gasteiger charge is -2.33. The number of nitrogens with one attached hydrogen (secondary N) is 1. The third kappa shape index (κ3) is 5.36. The Morgan fingerprint density at radius 2 is 1.88 bits per heavy atom. The zero-order chi connectivity index (χ0) is 28.6. The van der Waals surface area contributed by atoms with Crippen LogP contribution < -0.4 is 10.3 Å². The fourth-order valence-electron chi connectivity index (χ4n) is 5.24. The summed E-state index contributed by atoms with van der Waals surface area (Å²) < 4.78 is 36.7. The minimum atomic E-state index is -3.81. The van der Waals surface area contributed by atoms with E-state index in [-0.39, 0.29) is 28.2 Å². The van der Waals surface area contributed by atoms with Gasteiger partial charge in [-0.05, 0) is 50.4 Å². The van der Waals surface area contributed by atoms with Gasteiger partial charge >= 0.3 is 0 Å². The van der Waals surface area contributed by atoms with Crippen LogP contribution in [0.25, 0.3) is 22.4 Å². The van der Waals surface area contributed by atoms with Gasteiger partial charge in [-0.1, -0.05) is 19.9 Å². The molecular formula is C28H34N8O4S.